The molecule has 1 rings (SSSR count). The van der Waals surface area contributed by atoms with Gasteiger partial charge in [-0.3, -0.25) is 4.72 Å². The van der Waals surface area contributed by atoms with Crippen molar-refractivity contribution in [2.45, 2.75) is 32.4 Å². The lowest BCUT2D eigenvalue weighted by atomic mass is 10.1. The van der Waals surface area contributed by atoms with Crippen LogP contribution in [0.2, 0.25) is 0 Å². The molecule has 5 heteroatoms. The van der Waals surface area contributed by atoms with Crippen LogP contribution in [0.25, 0.3) is 0 Å². The molecular weight excluding hydrogens is 262 g/mol. The van der Waals surface area contributed by atoms with Crippen LogP contribution in [0.15, 0.2) is 18.2 Å². The van der Waals surface area contributed by atoms with Crippen LogP contribution in [0.5, 0.6) is 0 Å². The van der Waals surface area contributed by atoms with Gasteiger partial charge in [-0.15, -0.1) is 0 Å². The summed E-state index contributed by atoms with van der Waals surface area (Å²) in [6.07, 6.45) is 0.365. The second kappa shape index (κ2) is 6.60. The first-order valence-corrected chi connectivity index (χ1v) is 7.63. The number of aryl methyl sites for hydroxylation is 1. The Morgan fingerprint density at radius 3 is 2.63 bits per heavy atom. The molecule has 19 heavy (non-hydrogen) atoms. The molecule has 0 fully saturated rings. The Bertz CT molecular complexity index is 595. The molecule has 104 valence electrons. The second-order valence-electron chi connectivity index (χ2n) is 4.52. The van der Waals surface area contributed by atoms with Crippen LogP contribution < -0.4 is 4.72 Å². The molecule has 0 heterocycles. The van der Waals surface area contributed by atoms with Crippen molar-refractivity contribution >= 4 is 15.7 Å². The molecule has 0 aliphatic heterocycles. The summed E-state index contributed by atoms with van der Waals surface area (Å²) in [5.41, 5.74) is 2.05. The fourth-order valence-electron chi connectivity index (χ4n) is 1.34. The number of aliphatic hydroxyl groups is 1. The number of benzene rings is 1. The molecule has 4 nitrogen and oxygen atoms in total. The molecule has 0 radical (unpaired) electrons. The Morgan fingerprint density at radius 1 is 1.37 bits per heavy atom. The Balaban J connectivity index is 3.12. The van der Waals surface area contributed by atoms with Gasteiger partial charge in [-0.05, 0) is 38.5 Å². The molecule has 0 bridgehead atoms. The largest absolute Gasteiger partial charge is 0.395 e. The Hall–Kier alpha value is -1.51. The fourth-order valence-corrected chi connectivity index (χ4v) is 2.05. The minimum atomic E-state index is -3.39. The van der Waals surface area contributed by atoms with E-state index in [4.69, 9.17) is 5.11 Å². The van der Waals surface area contributed by atoms with E-state index in [0.717, 1.165) is 5.56 Å². The van der Waals surface area contributed by atoms with Crippen molar-refractivity contribution in [3.63, 3.8) is 0 Å². The highest BCUT2D eigenvalue weighted by Crippen LogP contribution is 2.19. The molecule has 0 saturated heterocycles. The molecule has 0 aliphatic carbocycles. The van der Waals surface area contributed by atoms with Gasteiger partial charge >= 0.3 is 0 Å². The van der Waals surface area contributed by atoms with Gasteiger partial charge in [-0.2, -0.15) is 0 Å². The third-order valence-electron chi connectivity index (χ3n) is 2.51. The molecule has 0 amide bonds. The molecule has 1 aromatic rings. The first-order chi connectivity index (χ1) is 8.86. The van der Waals surface area contributed by atoms with Crippen LogP contribution in [0, 0.1) is 18.8 Å². The quantitative estimate of drug-likeness (QED) is 0.828. The average Bonchev–Trinajstić information content (AvgIpc) is 2.31. The van der Waals surface area contributed by atoms with Crippen molar-refractivity contribution in [1.82, 2.24) is 0 Å². The Morgan fingerprint density at radius 2 is 2.05 bits per heavy atom. The molecule has 0 atom stereocenters. The number of nitrogens with one attached hydrogen (secondary N) is 1. The average molecular weight is 281 g/mol. The molecule has 2 N–H and O–H groups in total. The topological polar surface area (TPSA) is 66.4 Å². The van der Waals surface area contributed by atoms with Crippen LogP contribution in [-0.2, 0) is 10.0 Å². The first-order valence-electron chi connectivity index (χ1n) is 6.09. The van der Waals surface area contributed by atoms with E-state index in [9.17, 15) is 8.42 Å². The minimum Gasteiger partial charge on any atom is -0.395 e. The number of sulfonamides is 1. The zero-order valence-electron chi connectivity index (χ0n) is 11.4. The van der Waals surface area contributed by atoms with Gasteiger partial charge in [0.15, 0.2) is 0 Å². The third kappa shape index (κ3) is 4.58. The van der Waals surface area contributed by atoms with Gasteiger partial charge < -0.3 is 5.11 Å². The van der Waals surface area contributed by atoms with E-state index in [1.165, 1.54) is 0 Å². The van der Waals surface area contributed by atoms with Crippen molar-refractivity contribution in [2.24, 2.45) is 0 Å². The third-order valence-corrected chi connectivity index (χ3v) is 4.25. The molecule has 1 aromatic carbocycles. The van der Waals surface area contributed by atoms with E-state index in [2.05, 4.69) is 16.6 Å². The summed E-state index contributed by atoms with van der Waals surface area (Å²) >= 11 is 0. The maximum absolute atomic E-state index is 11.9. The maximum Gasteiger partial charge on any atom is 0.235 e. The van der Waals surface area contributed by atoms with Gasteiger partial charge in [-0.25, -0.2) is 8.42 Å². The zero-order valence-corrected chi connectivity index (χ0v) is 12.2. The van der Waals surface area contributed by atoms with Crippen LogP contribution in [0.4, 0.5) is 5.69 Å². The lowest BCUT2D eigenvalue weighted by molar-refractivity contribution is 0.305. The highest BCUT2D eigenvalue weighted by atomic mass is 32.2. The summed E-state index contributed by atoms with van der Waals surface area (Å²) in [7, 11) is -3.39. The standard InChI is InChI=1S/C14H19NO3S/c1-11(2)19(17,18)15-14-10-12(3)7-8-13(14)6-4-5-9-16/h7-8,10-11,15-16H,5,9H2,1-3H3. The van der Waals surface area contributed by atoms with E-state index in [1.807, 2.05) is 13.0 Å². The van der Waals surface area contributed by atoms with Gasteiger partial charge in [0.25, 0.3) is 0 Å². The van der Waals surface area contributed by atoms with Crippen molar-refractivity contribution < 1.29 is 13.5 Å². The predicted molar refractivity (Wildman–Crippen MR) is 77.4 cm³/mol. The van der Waals surface area contributed by atoms with Gasteiger partial charge in [0.2, 0.25) is 10.0 Å². The molecule has 0 aromatic heterocycles. The molecule has 0 unspecified atom stereocenters. The number of aliphatic hydroxyl groups excluding tert-OH is 1. The molecule has 0 aliphatic rings. The van der Waals surface area contributed by atoms with Gasteiger partial charge in [0.05, 0.1) is 17.5 Å². The van der Waals surface area contributed by atoms with Crippen LogP contribution in [0.3, 0.4) is 0 Å². The lowest BCUT2D eigenvalue weighted by Crippen LogP contribution is -2.23. The number of rotatable bonds is 4. The zero-order chi connectivity index (χ0) is 14.5. The van der Waals surface area contributed by atoms with Gasteiger partial charge in [0, 0.05) is 12.0 Å². The maximum atomic E-state index is 11.9. The van der Waals surface area contributed by atoms with Crippen molar-refractivity contribution in [3.05, 3.63) is 29.3 Å². The molecule has 0 saturated carbocycles. The second-order valence-corrected chi connectivity index (χ2v) is 6.76. The van der Waals surface area contributed by atoms with Crippen molar-refractivity contribution in [1.29, 1.82) is 0 Å². The van der Waals surface area contributed by atoms with E-state index in [-0.39, 0.29) is 6.61 Å². The van der Waals surface area contributed by atoms with Crippen LogP contribution in [-0.4, -0.2) is 25.4 Å². The summed E-state index contributed by atoms with van der Waals surface area (Å²) in [4.78, 5) is 0. The van der Waals surface area contributed by atoms with Crippen LogP contribution >= 0.6 is 0 Å². The summed E-state index contributed by atoms with van der Waals surface area (Å²) in [6.45, 7) is 5.12. The summed E-state index contributed by atoms with van der Waals surface area (Å²) in [6, 6.07) is 5.40. The monoisotopic (exact) mass is 281 g/mol. The fraction of sp³-hybridized carbons (Fsp3) is 0.429. The normalized spacial score (nSPS) is 11.0. The number of anilines is 1. The van der Waals surface area contributed by atoms with Crippen LogP contribution in [0.1, 0.15) is 31.4 Å². The Kier molecular flexibility index (Phi) is 5.40. The number of hydrogen-bond donors (Lipinski definition) is 2. The first kappa shape index (κ1) is 15.5. The summed E-state index contributed by atoms with van der Waals surface area (Å²) in [5, 5.41) is 8.19. The van der Waals surface area contributed by atoms with E-state index in [1.54, 1.807) is 26.0 Å². The highest BCUT2D eigenvalue weighted by molar-refractivity contribution is 7.93. The van der Waals surface area contributed by atoms with Crippen molar-refractivity contribution in [3.8, 4) is 11.8 Å². The summed E-state index contributed by atoms with van der Waals surface area (Å²) < 4.78 is 26.3. The Labute approximate surface area is 114 Å². The highest BCUT2D eigenvalue weighted by Gasteiger charge is 2.16. The predicted octanol–water partition coefficient (Wildman–Crippen LogP) is 1.88. The minimum absolute atomic E-state index is 0.00802. The SMILES string of the molecule is Cc1ccc(C#CCCO)c(NS(=O)(=O)C(C)C)c1. The molecule has 0 spiro atoms. The van der Waals surface area contributed by atoms with Crippen molar-refractivity contribution in [2.75, 3.05) is 11.3 Å². The van der Waals surface area contributed by atoms with E-state index in [0.29, 0.717) is 17.7 Å². The lowest BCUT2D eigenvalue weighted by Gasteiger charge is -2.13. The van der Waals surface area contributed by atoms with E-state index < -0.39 is 15.3 Å². The molecular formula is C14H19NO3S. The number of hydrogen-bond acceptors (Lipinski definition) is 3. The summed E-state index contributed by atoms with van der Waals surface area (Å²) in [5.74, 6) is 5.66. The van der Waals surface area contributed by atoms with Gasteiger partial charge in [-0.1, -0.05) is 17.9 Å². The van der Waals surface area contributed by atoms with E-state index >= 15 is 0 Å². The van der Waals surface area contributed by atoms with Gasteiger partial charge in [0.1, 0.15) is 0 Å². The smallest absolute Gasteiger partial charge is 0.235 e.